The molecule has 5 heteroatoms. The van der Waals surface area contributed by atoms with Crippen LogP contribution in [0, 0.1) is 6.92 Å². The molecule has 0 saturated carbocycles. The summed E-state index contributed by atoms with van der Waals surface area (Å²) in [6.07, 6.45) is 7.01. The Hall–Kier alpha value is -2.43. The van der Waals surface area contributed by atoms with E-state index in [1.165, 1.54) is 4.90 Å². The maximum atomic E-state index is 13.0. The fourth-order valence-electron chi connectivity index (χ4n) is 3.44. The molecule has 1 fully saturated rings. The standard InChI is InChI=1S/C19H23N3O2/c1-3-19(16-7-5-15(2)6-8-16)13-17(23)22(18(19)24)11-4-10-21-12-9-20-14-21/h5-9,12,14H,3-4,10-11,13H2,1-2H3. The summed E-state index contributed by atoms with van der Waals surface area (Å²) in [6.45, 7) is 5.22. The molecule has 126 valence electrons. The molecule has 0 radical (unpaired) electrons. The van der Waals surface area contributed by atoms with Crippen molar-refractivity contribution >= 4 is 11.8 Å². The third kappa shape index (κ3) is 2.86. The number of nitrogens with zero attached hydrogens (tertiary/aromatic N) is 3. The molecule has 0 N–H and O–H groups in total. The number of carbonyl (C=O) groups is 2. The van der Waals surface area contributed by atoms with Gasteiger partial charge in [0.05, 0.1) is 11.7 Å². The maximum absolute atomic E-state index is 13.0. The second kappa shape index (κ2) is 6.59. The van der Waals surface area contributed by atoms with Crippen molar-refractivity contribution in [3.05, 3.63) is 54.1 Å². The second-order valence-electron chi connectivity index (χ2n) is 6.48. The Balaban J connectivity index is 1.75. The molecule has 2 amide bonds. The van der Waals surface area contributed by atoms with Crippen molar-refractivity contribution < 1.29 is 9.59 Å². The van der Waals surface area contributed by atoms with E-state index in [2.05, 4.69) is 4.98 Å². The van der Waals surface area contributed by atoms with Gasteiger partial charge >= 0.3 is 0 Å². The molecule has 24 heavy (non-hydrogen) atoms. The Bertz CT molecular complexity index is 722. The number of carbonyl (C=O) groups excluding carboxylic acids is 2. The van der Waals surface area contributed by atoms with Crippen LogP contribution in [0.2, 0.25) is 0 Å². The summed E-state index contributed by atoms with van der Waals surface area (Å²) in [4.78, 5) is 31.0. The normalized spacial score (nSPS) is 20.8. The van der Waals surface area contributed by atoms with Gasteiger partial charge in [0.1, 0.15) is 0 Å². The minimum absolute atomic E-state index is 0.0514. The smallest absolute Gasteiger partial charge is 0.240 e. The summed E-state index contributed by atoms with van der Waals surface area (Å²) in [5.74, 6) is -0.113. The predicted molar refractivity (Wildman–Crippen MR) is 91.3 cm³/mol. The fraction of sp³-hybridized carbons (Fsp3) is 0.421. The lowest BCUT2D eigenvalue weighted by Crippen LogP contribution is -2.38. The Labute approximate surface area is 142 Å². The number of hydrogen-bond donors (Lipinski definition) is 0. The van der Waals surface area contributed by atoms with Crippen molar-refractivity contribution in [1.82, 2.24) is 14.5 Å². The largest absolute Gasteiger partial charge is 0.337 e. The highest BCUT2D eigenvalue weighted by atomic mass is 16.2. The number of imide groups is 1. The quantitative estimate of drug-likeness (QED) is 0.767. The zero-order valence-electron chi connectivity index (χ0n) is 14.2. The topological polar surface area (TPSA) is 55.2 Å². The van der Waals surface area contributed by atoms with E-state index in [0.29, 0.717) is 13.0 Å². The number of likely N-dealkylation sites (tertiary alicyclic amines) is 1. The third-order valence-corrected chi connectivity index (χ3v) is 4.97. The third-order valence-electron chi connectivity index (χ3n) is 4.97. The van der Waals surface area contributed by atoms with Crippen LogP contribution >= 0.6 is 0 Å². The van der Waals surface area contributed by atoms with Crippen LogP contribution in [0.5, 0.6) is 0 Å². The Morgan fingerprint density at radius 1 is 1.17 bits per heavy atom. The van der Waals surface area contributed by atoms with Crippen LogP contribution in [0.4, 0.5) is 0 Å². The van der Waals surface area contributed by atoms with Gasteiger partial charge in [0.2, 0.25) is 11.8 Å². The van der Waals surface area contributed by atoms with Gasteiger partial charge in [0.25, 0.3) is 0 Å². The molecule has 0 bridgehead atoms. The lowest BCUT2D eigenvalue weighted by Gasteiger charge is -2.26. The molecule has 1 unspecified atom stereocenters. The number of hydrogen-bond acceptors (Lipinski definition) is 3. The minimum Gasteiger partial charge on any atom is -0.337 e. The molecule has 1 atom stereocenters. The lowest BCUT2D eigenvalue weighted by molar-refractivity contribution is -0.140. The molecule has 3 rings (SSSR count). The first-order valence-electron chi connectivity index (χ1n) is 8.44. The van der Waals surface area contributed by atoms with Gasteiger partial charge in [-0.15, -0.1) is 0 Å². The number of benzene rings is 1. The van der Waals surface area contributed by atoms with E-state index >= 15 is 0 Å². The summed E-state index contributed by atoms with van der Waals surface area (Å²) in [5.41, 5.74) is 1.41. The molecule has 1 saturated heterocycles. The van der Waals surface area contributed by atoms with Crippen molar-refractivity contribution in [2.45, 2.75) is 45.1 Å². The average molecular weight is 325 g/mol. The SMILES string of the molecule is CCC1(c2ccc(C)cc2)CC(=O)N(CCCn2ccnc2)C1=O. The molecule has 1 aromatic heterocycles. The van der Waals surface area contributed by atoms with Gasteiger partial charge in [-0.2, -0.15) is 0 Å². The highest BCUT2D eigenvalue weighted by molar-refractivity contribution is 6.09. The van der Waals surface area contributed by atoms with Crippen molar-refractivity contribution in [3.8, 4) is 0 Å². The Morgan fingerprint density at radius 2 is 1.92 bits per heavy atom. The van der Waals surface area contributed by atoms with E-state index in [1.54, 1.807) is 12.5 Å². The van der Waals surface area contributed by atoms with E-state index in [1.807, 2.05) is 48.9 Å². The van der Waals surface area contributed by atoms with Crippen LogP contribution in [0.15, 0.2) is 43.0 Å². The average Bonchev–Trinajstić information content (AvgIpc) is 3.17. The lowest BCUT2D eigenvalue weighted by atomic mass is 9.76. The van der Waals surface area contributed by atoms with Crippen LogP contribution in [-0.4, -0.2) is 32.8 Å². The molecule has 5 nitrogen and oxygen atoms in total. The molecule has 0 aliphatic carbocycles. The van der Waals surface area contributed by atoms with Crippen LogP contribution in [0.3, 0.4) is 0 Å². The van der Waals surface area contributed by atoms with Crippen LogP contribution in [-0.2, 0) is 21.5 Å². The molecule has 2 aromatic rings. The molecule has 1 aromatic carbocycles. The maximum Gasteiger partial charge on any atom is 0.240 e. The van der Waals surface area contributed by atoms with Gasteiger partial charge in [-0.25, -0.2) is 4.98 Å². The first kappa shape index (κ1) is 16.4. The van der Waals surface area contributed by atoms with Crippen molar-refractivity contribution in [2.24, 2.45) is 0 Å². The van der Waals surface area contributed by atoms with Crippen molar-refractivity contribution in [2.75, 3.05) is 6.54 Å². The molecule has 0 spiro atoms. The zero-order chi connectivity index (χ0) is 17.2. The summed E-state index contributed by atoms with van der Waals surface area (Å²) >= 11 is 0. The number of aryl methyl sites for hydroxylation is 2. The first-order chi connectivity index (χ1) is 11.6. The van der Waals surface area contributed by atoms with Gasteiger partial charge in [-0.3, -0.25) is 14.5 Å². The number of rotatable bonds is 6. The van der Waals surface area contributed by atoms with Gasteiger partial charge < -0.3 is 4.57 Å². The van der Waals surface area contributed by atoms with Gasteiger partial charge in [-0.05, 0) is 25.3 Å². The van der Waals surface area contributed by atoms with Gasteiger partial charge in [-0.1, -0.05) is 36.8 Å². The minimum atomic E-state index is -0.695. The Morgan fingerprint density at radius 3 is 2.54 bits per heavy atom. The molecule has 1 aliphatic rings. The van der Waals surface area contributed by atoms with E-state index in [0.717, 1.165) is 24.1 Å². The van der Waals surface area contributed by atoms with Crippen LogP contribution in [0.25, 0.3) is 0 Å². The molecule has 2 heterocycles. The van der Waals surface area contributed by atoms with Gasteiger partial charge in [0.15, 0.2) is 0 Å². The summed E-state index contributed by atoms with van der Waals surface area (Å²) in [5, 5.41) is 0. The number of amides is 2. The van der Waals surface area contributed by atoms with Crippen LogP contribution < -0.4 is 0 Å². The highest BCUT2D eigenvalue weighted by Gasteiger charge is 2.51. The van der Waals surface area contributed by atoms with E-state index < -0.39 is 5.41 Å². The van der Waals surface area contributed by atoms with Crippen molar-refractivity contribution in [1.29, 1.82) is 0 Å². The second-order valence-corrected chi connectivity index (χ2v) is 6.48. The number of aromatic nitrogens is 2. The van der Waals surface area contributed by atoms with E-state index in [-0.39, 0.29) is 18.2 Å². The first-order valence-corrected chi connectivity index (χ1v) is 8.44. The summed E-state index contributed by atoms with van der Waals surface area (Å²) in [7, 11) is 0. The summed E-state index contributed by atoms with van der Waals surface area (Å²) < 4.78 is 1.96. The van der Waals surface area contributed by atoms with Crippen molar-refractivity contribution in [3.63, 3.8) is 0 Å². The molecule has 1 aliphatic heterocycles. The zero-order valence-corrected chi connectivity index (χ0v) is 14.2. The van der Waals surface area contributed by atoms with E-state index in [9.17, 15) is 9.59 Å². The fourth-order valence-corrected chi connectivity index (χ4v) is 3.44. The predicted octanol–water partition coefficient (Wildman–Crippen LogP) is 2.69. The molecular weight excluding hydrogens is 302 g/mol. The highest BCUT2D eigenvalue weighted by Crippen LogP contribution is 2.39. The monoisotopic (exact) mass is 325 g/mol. The molecular formula is C19H23N3O2. The summed E-state index contributed by atoms with van der Waals surface area (Å²) in [6, 6.07) is 7.98. The number of imidazole rings is 1. The van der Waals surface area contributed by atoms with Gasteiger partial charge in [0, 0.05) is 31.9 Å². The Kier molecular flexibility index (Phi) is 4.51. The van der Waals surface area contributed by atoms with E-state index in [4.69, 9.17) is 0 Å². The van der Waals surface area contributed by atoms with Crippen LogP contribution in [0.1, 0.15) is 37.3 Å².